The summed E-state index contributed by atoms with van der Waals surface area (Å²) in [5, 5.41) is 3.45. The van der Waals surface area contributed by atoms with Gasteiger partial charge in [0.1, 0.15) is 5.82 Å². The SMILES string of the molecule is CCCN(CCc1nccn1C)CC1CCNCC1. The molecule has 0 unspecified atom stereocenters. The Morgan fingerprint density at radius 3 is 2.79 bits per heavy atom. The molecule has 0 aromatic carbocycles. The molecule has 1 saturated heterocycles. The van der Waals surface area contributed by atoms with Crippen LogP contribution in [0.15, 0.2) is 12.4 Å². The molecule has 1 aromatic rings. The molecule has 2 rings (SSSR count). The normalized spacial score (nSPS) is 17.2. The molecule has 0 amide bonds. The minimum Gasteiger partial charge on any atom is -0.338 e. The third-order valence-electron chi connectivity index (χ3n) is 4.09. The summed E-state index contributed by atoms with van der Waals surface area (Å²) in [5.41, 5.74) is 0. The van der Waals surface area contributed by atoms with Crippen molar-refractivity contribution in [2.24, 2.45) is 13.0 Å². The number of rotatable bonds is 7. The Kier molecular flexibility index (Phi) is 5.86. The van der Waals surface area contributed by atoms with Gasteiger partial charge < -0.3 is 14.8 Å². The van der Waals surface area contributed by atoms with Gasteiger partial charge in [0.15, 0.2) is 0 Å². The van der Waals surface area contributed by atoms with Gasteiger partial charge in [-0.15, -0.1) is 0 Å². The second-order valence-electron chi connectivity index (χ2n) is 5.70. The predicted octanol–water partition coefficient (Wildman–Crippen LogP) is 1.67. The van der Waals surface area contributed by atoms with Crippen LogP contribution in [0.2, 0.25) is 0 Å². The lowest BCUT2D eigenvalue weighted by atomic mass is 9.97. The lowest BCUT2D eigenvalue weighted by molar-refractivity contribution is 0.206. The van der Waals surface area contributed by atoms with Crippen LogP contribution >= 0.6 is 0 Å². The quantitative estimate of drug-likeness (QED) is 0.813. The van der Waals surface area contributed by atoms with Crippen LogP contribution in [-0.2, 0) is 13.5 Å². The van der Waals surface area contributed by atoms with E-state index >= 15 is 0 Å². The molecule has 0 aliphatic carbocycles. The smallest absolute Gasteiger partial charge is 0.109 e. The molecule has 1 aliphatic heterocycles. The first-order valence-electron chi connectivity index (χ1n) is 7.69. The van der Waals surface area contributed by atoms with E-state index in [0.29, 0.717) is 0 Å². The van der Waals surface area contributed by atoms with E-state index in [4.69, 9.17) is 0 Å². The van der Waals surface area contributed by atoms with Crippen molar-refractivity contribution in [1.29, 1.82) is 0 Å². The van der Waals surface area contributed by atoms with E-state index in [9.17, 15) is 0 Å². The zero-order valence-electron chi connectivity index (χ0n) is 12.4. The standard InChI is InChI=1S/C15H28N4/c1-3-10-19(13-14-4-7-16-8-5-14)11-6-15-17-9-12-18(15)2/h9,12,14,16H,3-8,10-11,13H2,1-2H3. The zero-order chi connectivity index (χ0) is 13.5. The largest absolute Gasteiger partial charge is 0.338 e. The van der Waals surface area contributed by atoms with Gasteiger partial charge in [-0.1, -0.05) is 6.92 Å². The van der Waals surface area contributed by atoms with Gasteiger partial charge >= 0.3 is 0 Å². The van der Waals surface area contributed by atoms with E-state index in [2.05, 4.69) is 33.7 Å². The third kappa shape index (κ3) is 4.62. The summed E-state index contributed by atoms with van der Waals surface area (Å²) >= 11 is 0. The maximum atomic E-state index is 4.42. The maximum Gasteiger partial charge on any atom is 0.109 e. The number of imidazole rings is 1. The lowest BCUT2D eigenvalue weighted by Crippen LogP contribution is -2.37. The molecule has 0 atom stereocenters. The molecule has 4 nitrogen and oxygen atoms in total. The number of hydrogen-bond acceptors (Lipinski definition) is 3. The van der Waals surface area contributed by atoms with Gasteiger partial charge in [0.25, 0.3) is 0 Å². The number of hydrogen-bond donors (Lipinski definition) is 1. The third-order valence-corrected chi connectivity index (χ3v) is 4.09. The highest BCUT2D eigenvalue weighted by Gasteiger charge is 2.16. The highest BCUT2D eigenvalue weighted by molar-refractivity contribution is 4.91. The molecule has 1 aromatic heterocycles. The summed E-state index contributed by atoms with van der Waals surface area (Å²) in [5.74, 6) is 2.08. The van der Waals surface area contributed by atoms with Crippen LogP contribution in [0.3, 0.4) is 0 Å². The van der Waals surface area contributed by atoms with Crippen LogP contribution in [0.5, 0.6) is 0 Å². The molecular formula is C15H28N4. The molecule has 4 heteroatoms. The summed E-state index contributed by atoms with van der Waals surface area (Å²) in [6, 6.07) is 0. The Bertz CT molecular complexity index is 355. The Labute approximate surface area is 117 Å². The summed E-state index contributed by atoms with van der Waals surface area (Å²) in [6.45, 7) is 8.29. The fraction of sp³-hybridized carbons (Fsp3) is 0.800. The molecule has 2 heterocycles. The zero-order valence-corrected chi connectivity index (χ0v) is 12.4. The Morgan fingerprint density at radius 1 is 1.37 bits per heavy atom. The van der Waals surface area contributed by atoms with Crippen molar-refractivity contribution in [3.63, 3.8) is 0 Å². The highest BCUT2D eigenvalue weighted by Crippen LogP contribution is 2.14. The Morgan fingerprint density at radius 2 is 2.16 bits per heavy atom. The van der Waals surface area contributed by atoms with Crippen LogP contribution in [0.1, 0.15) is 32.0 Å². The van der Waals surface area contributed by atoms with Crippen LogP contribution in [0.4, 0.5) is 0 Å². The summed E-state index contributed by atoms with van der Waals surface area (Å²) in [6.07, 6.45) is 8.91. The second-order valence-corrected chi connectivity index (χ2v) is 5.70. The van der Waals surface area contributed by atoms with E-state index in [0.717, 1.165) is 18.9 Å². The molecule has 1 aliphatic rings. The van der Waals surface area contributed by atoms with Gasteiger partial charge in [-0.25, -0.2) is 4.98 Å². The minimum atomic E-state index is 0.883. The average Bonchev–Trinajstić information content (AvgIpc) is 2.83. The molecule has 1 N–H and O–H groups in total. The fourth-order valence-corrected chi connectivity index (χ4v) is 2.94. The average molecular weight is 264 g/mol. The highest BCUT2D eigenvalue weighted by atomic mass is 15.1. The molecule has 1 fully saturated rings. The van der Waals surface area contributed by atoms with Crippen LogP contribution in [-0.4, -0.2) is 47.2 Å². The van der Waals surface area contributed by atoms with Crippen molar-refractivity contribution >= 4 is 0 Å². The van der Waals surface area contributed by atoms with E-state index in [1.165, 1.54) is 51.3 Å². The predicted molar refractivity (Wildman–Crippen MR) is 79.2 cm³/mol. The van der Waals surface area contributed by atoms with Crippen LogP contribution in [0, 0.1) is 5.92 Å². The second kappa shape index (κ2) is 7.65. The topological polar surface area (TPSA) is 33.1 Å². The molecule has 0 bridgehead atoms. The van der Waals surface area contributed by atoms with Crippen LogP contribution < -0.4 is 5.32 Å². The van der Waals surface area contributed by atoms with Crippen molar-refractivity contribution in [2.45, 2.75) is 32.6 Å². The number of aromatic nitrogens is 2. The van der Waals surface area contributed by atoms with Crippen LogP contribution in [0.25, 0.3) is 0 Å². The first-order valence-corrected chi connectivity index (χ1v) is 7.69. The molecule has 0 spiro atoms. The van der Waals surface area contributed by atoms with E-state index in [1.54, 1.807) is 0 Å². The molecule has 19 heavy (non-hydrogen) atoms. The van der Waals surface area contributed by atoms with Crippen molar-refractivity contribution in [3.8, 4) is 0 Å². The summed E-state index contributed by atoms with van der Waals surface area (Å²) < 4.78 is 2.13. The van der Waals surface area contributed by atoms with Gasteiger partial charge in [0, 0.05) is 39.0 Å². The van der Waals surface area contributed by atoms with Gasteiger partial charge in [-0.05, 0) is 44.8 Å². The van der Waals surface area contributed by atoms with Gasteiger partial charge in [-0.3, -0.25) is 0 Å². The number of aryl methyl sites for hydroxylation is 1. The molecular weight excluding hydrogens is 236 g/mol. The van der Waals surface area contributed by atoms with Gasteiger partial charge in [0.2, 0.25) is 0 Å². The fourth-order valence-electron chi connectivity index (χ4n) is 2.94. The van der Waals surface area contributed by atoms with E-state index in [-0.39, 0.29) is 0 Å². The van der Waals surface area contributed by atoms with Gasteiger partial charge in [-0.2, -0.15) is 0 Å². The Balaban J connectivity index is 1.79. The first kappa shape index (κ1) is 14.5. The lowest BCUT2D eigenvalue weighted by Gasteiger charge is -2.29. The summed E-state index contributed by atoms with van der Waals surface area (Å²) in [7, 11) is 2.08. The maximum absolute atomic E-state index is 4.42. The summed E-state index contributed by atoms with van der Waals surface area (Å²) in [4.78, 5) is 7.05. The Hall–Kier alpha value is -0.870. The van der Waals surface area contributed by atoms with Gasteiger partial charge in [0.05, 0.1) is 0 Å². The van der Waals surface area contributed by atoms with Crippen molar-refractivity contribution in [3.05, 3.63) is 18.2 Å². The van der Waals surface area contributed by atoms with Crippen molar-refractivity contribution < 1.29 is 0 Å². The first-order chi connectivity index (χ1) is 9.29. The van der Waals surface area contributed by atoms with E-state index < -0.39 is 0 Å². The monoisotopic (exact) mass is 264 g/mol. The number of piperidine rings is 1. The molecule has 108 valence electrons. The van der Waals surface area contributed by atoms with Crippen molar-refractivity contribution in [1.82, 2.24) is 19.8 Å². The number of nitrogens with one attached hydrogen (secondary N) is 1. The van der Waals surface area contributed by atoms with E-state index in [1.807, 2.05) is 12.4 Å². The molecule has 0 radical (unpaired) electrons. The minimum absolute atomic E-state index is 0.883. The van der Waals surface area contributed by atoms with Crippen molar-refractivity contribution in [2.75, 3.05) is 32.7 Å². The number of nitrogens with zero attached hydrogens (tertiary/aromatic N) is 3. The molecule has 0 saturated carbocycles.